The van der Waals surface area contributed by atoms with Gasteiger partial charge in [-0.15, -0.1) is 11.8 Å². The van der Waals surface area contributed by atoms with E-state index in [0.29, 0.717) is 0 Å². The number of ether oxygens (including phenoxy) is 1. The van der Waals surface area contributed by atoms with Crippen molar-refractivity contribution in [1.82, 2.24) is 5.32 Å². The van der Waals surface area contributed by atoms with Gasteiger partial charge in [-0.05, 0) is 42.5 Å². The topological polar surface area (TPSA) is 38.3 Å². The largest absolute Gasteiger partial charge is 0.497 e. The molecule has 1 N–H and O–H groups in total. The molecule has 0 aromatic heterocycles. The number of hydrogen-bond donors (Lipinski definition) is 1. The van der Waals surface area contributed by atoms with E-state index in [1.165, 1.54) is 0 Å². The molecule has 0 radical (unpaired) electrons. The fourth-order valence-corrected chi connectivity index (χ4v) is 2.92. The third-order valence-corrected chi connectivity index (χ3v) is 4.38. The Morgan fingerprint density at radius 3 is 2.45 bits per heavy atom. The highest BCUT2D eigenvalue weighted by Crippen LogP contribution is 2.23. The lowest BCUT2D eigenvalue weighted by Gasteiger charge is -2.18. The first-order valence-electron chi connectivity index (χ1n) is 7.27. The number of amides is 1. The van der Waals surface area contributed by atoms with Gasteiger partial charge < -0.3 is 10.1 Å². The van der Waals surface area contributed by atoms with Crippen LogP contribution in [0.15, 0.2) is 53.4 Å². The van der Waals surface area contributed by atoms with E-state index in [-0.39, 0.29) is 11.9 Å². The number of carbonyl (C=O) groups is 1. The zero-order valence-corrected chi connectivity index (χ0v) is 13.9. The number of hydrogen-bond acceptors (Lipinski definition) is 3. The minimum atomic E-state index is -0.0346. The molecule has 2 aromatic carbocycles. The van der Waals surface area contributed by atoms with Crippen LogP contribution in [0, 0.1) is 0 Å². The summed E-state index contributed by atoms with van der Waals surface area (Å²) in [5, 5.41) is 3.12. The minimum Gasteiger partial charge on any atom is -0.497 e. The fourth-order valence-electron chi connectivity index (χ4n) is 2.33. The van der Waals surface area contributed by atoms with Crippen LogP contribution in [0.4, 0.5) is 0 Å². The molecule has 0 saturated carbocycles. The second-order valence-electron chi connectivity index (χ2n) is 4.91. The summed E-state index contributed by atoms with van der Waals surface area (Å²) in [6.07, 6.45) is 2.81. The molecule has 4 heteroatoms. The van der Waals surface area contributed by atoms with Crippen molar-refractivity contribution in [2.24, 2.45) is 0 Å². The van der Waals surface area contributed by atoms with Crippen LogP contribution in [0.25, 0.3) is 0 Å². The molecule has 0 aliphatic carbocycles. The van der Waals surface area contributed by atoms with Crippen molar-refractivity contribution in [1.29, 1.82) is 0 Å². The summed E-state index contributed by atoms with van der Waals surface area (Å²) in [5.74, 6) is 0.783. The molecule has 0 aliphatic heterocycles. The van der Waals surface area contributed by atoms with Gasteiger partial charge in [0.1, 0.15) is 5.75 Å². The number of thioether (sulfide) groups is 1. The first-order chi connectivity index (χ1) is 10.7. The Hall–Kier alpha value is -1.94. The van der Waals surface area contributed by atoms with Gasteiger partial charge in [-0.1, -0.05) is 31.2 Å². The van der Waals surface area contributed by atoms with Crippen molar-refractivity contribution in [3.05, 3.63) is 59.7 Å². The number of nitrogens with one attached hydrogen (secondary N) is 1. The Bertz CT molecular complexity index is 625. The van der Waals surface area contributed by atoms with E-state index in [0.717, 1.165) is 28.2 Å². The van der Waals surface area contributed by atoms with Gasteiger partial charge in [0, 0.05) is 4.90 Å². The summed E-state index contributed by atoms with van der Waals surface area (Å²) in [6, 6.07) is 15.5. The van der Waals surface area contributed by atoms with Gasteiger partial charge in [0.2, 0.25) is 0 Å². The lowest BCUT2D eigenvalue weighted by molar-refractivity contribution is 0.0932. The van der Waals surface area contributed by atoms with E-state index < -0.39 is 0 Å². The number of benzene rings is 2. The van der Waals surface area contributed by atoms with Crippen molar-refractivity contribution in [2.45, 2.75) is 24.3 Å². The van der Waals surface area contributed by atoms with Crippen LogP contribution < -0.4 is 10.1 Å². The molecular weight excluding hydrogens is 294 g/mol. The highest BCUT2D eigenvalue weighted by Gasteiger charge is 2.16. The second kappa shape index (κ2) is 7.90. The van der Waals surface area contributed by atoms with Crippen molar-refractivity contribution < 1.29 is 9.53 Å². The Kier molecular flexibility index (Phi) is 5.90. The van der Waals surface area contributed by atoms with Crippen LogP contribution in [-0.4, -0.2) is 19.3 Å². The summed E-state index contributed by atoms with van der Waals surface area (Å²) >= 11 is 1.58. The highest BCUT2D eigenvalue weighted by atomic mass is 32.2. The smallest absolute Gasteiger partial charge is 0.252 e. The average Bonchev–Trinajstić information content (AvgIpc) is 2.59. The molecule has 3 nitrogen and oxygen atoms in total. The second-order valence-corrected chi connectivity index (χ2v) is 5.76. The van der Waals surface area contributed by atoms with E-state index in [4.69, 9.17) is 4.74 Å². The molecule has 0 unspecified atom stereocenters. The third kappa shape index (κ3) is 3.83. The van der Waals surface area contributed by atoms with Crippen LogP contribution in [0.5, 0.6) is 5.75 Å². The zero-order valence-electron chi connectivity index (χ0n) is 13.1. The van der Waals surface area contributed by atoms with Gasteiger partial charge in [-0.2, -0.15) is 0 Å². The van der Waals surface area contributed by atoms with E-state index >= 15 is 0 Å². The summed E-state index contributed by atoms with van der Waals surface area (Å²) in [4.78, 5) is 13.5. The molecule has 1 amide bonds. The Labute approximate surface area is 136 Å². The van der Waals surface area contributed by atoms with Crippen LogP contribution in [0.3, 0.4) is 0 Å². The standard InChI is InChI=1S/C18H21NO2S/c1-4-16(13-9-11-14(21-2)12-10-13)19-18(20)15-7-5-6-8-17(15)22-3/h5-12,16H,4H2,1-3H3,(H,19,20)/t16-/m1/s1. The van der Waals surface area contributed by atoms with Crippen LogP contribution >= 0.6 is 11.8 Å². The van der Waals surface area contributed by atoms with Crippen molar-refractivity contribution in [3.8, 4) is 5.75 Å². The molecule has 22 heavy (non-hydrogen) atoms. The monoisotopic (exact) mass is 315 g/mol. The van der Waals surface area contributed by atoms with Gasteiger partial charge >= 0.3 is 0 Å². The molecule has 116 valence electrons. The van der Waals surface area contributed by atoms with Gasteiger partial charge in [-0.25, -0.2) is 0 Å². The minimum absolute atomic E-state index is 0.00619. The SMILES string of the molecule is CC[C@@H](NC(=O)c1ccccc1SC)c1ccc(OC)cc1. The molecular formula is C18H21NO2S. The van der Waals surface area contributed by atoms with Crippen molar-refractivity contribution in [2.75, 3.05) is 13.4 Å². The average molecular weight is 315 g/mol. The predicted molar refractivity (Wildman–Crippen MR) is 91.7 cm³/mol. The highest BCUT2D eigenvalue weighted by molar-refractivity contribution is 7.98. The molecule has 0 bridgehead atoms. The number of rotatable bonds is 6. The predicted octanol–water partition coefficient (Wildman–Crippen LogP) is 4.30. The van der Waals surface area contributed by atoms with Crippen molar-refractivity contribution in [3.63, 3.8) is 0 Å². The lowest BCUT2D eigenvalue weighted by atomic mass is 10.0. The Morgan fingerprint density at radius 2 is 1.86 bits per heavy atom. The van der Waals surface area contributed by atoms with Gasteiger partial charge in [-0.3, -0.25) is 4.79 Å². The molecule has 2 aromatic rings. The van der Waals surface area contributed by atoms with Crippen LogP contribution in [0.1, 0.15) is 35.3 Å². The molecule has 0 aliphatic rings. The molecule has 1 atom stereocenters. The lowest BCUT2D eigenvalue weighted by Crippen LogP contribution is -2.28. The summed E-state index contributed by atoms with van der Waals surface area (Å²) < 4.78 is 5.17. The first kappa shape index (κ1) is 16.4. The van der Waals surface area contributed by atoms with E-state index in [2.05, 4.69) is 12.2 Å². The molecule has 0 saturated heterocycles. The zero-order chi connectivity index (χ0) is 15.9. The molecule has 2 rings (SSSR count). The van der Waals surface area contributed by atoms with E-state index in [9.17, 15) is 4.79 Å². The number of carbonyl (C=O) groups excluding carboxylic acids is 1. The third-order valence-electron chi connectivity index (χ3n) is 3.58. The van der Waals surface area contributed by atoms with Gasteiger partial charge in [0.05, 0.1) is 18.7 Å². The molecule has 0 spiro atoms. The quantitative estimate of drug-likeness (QED) is 0.808. The maximum Gasteiger partial charge on any atom is 0.252 e. The van der Waals surface area contributed by atoms with Crippen LogP contribution in [-0.2, 0) is 0 Å². The van der Waals surface area contributed by atoms with E-state index in [1.54, 1.807) is 18.9 Å². The summed E-state index contributed by atoms with van der Waals surface area (Å²) in [7, 11) is 1.65. The summed E-state index contributed by atoms with van der Waals surface area (Å²) in [5.41, 5.74) is 1.81. The molecule has 0 heterocycles. The fraction of sp³-hybridized carbons (Fsp3) is 0.278. The summed E-state index contributed by atoms with van der Waals surface area (Å²) in [6.45, 7) is 2.07. The van der Waals surface area contributed by atoms with Gasteiger partial charge in [0.15, 0.2) is 0 Å². The normalized spacial score (nSPS) is 11.8. The van der Waals surface area contributed by atoms with E-state index in [1.807, 2.05) is 54.8 Å². The Morgan fingerprint density at radius 1 is 1.18 bits per heavy atom. The molecule has 0 fully saturated rings. The first-order valence-corrected chi connectivity index (χ1v) is 8.50. The van der Waals surface area contributed by atoms with Crippen molar-refractivity contribution >= 4 is 17.7 Å². The maximum absolute atomic E-state index is 12.5. The van der Waals surface area contributed by atoms with Crippen LogP contribution in [0.2, 0.25) is 0 Å². The number of methoxy groups -OCH3 is 1. The van der Waals surface area contributed by atoms with Gasteiger partial charge in [0.25, 0.3) is 5.91 Å². The maximum atomic E-state index is 12.5. The Balaban J connectivity index is 2.16.